The van der Waals surface area contributed by atoms with Crippen molar-refractivity contribution in [3.63, 3.8) is 0 Å². The number of hydrogen-bond acceptors (Lipinski definition) is 3. The van der Waals surface area contributed by atoms with Gasteiger partial charge in [0.25, 0.3) is 0 Å². The number of hydrogen-bond donors (Lipinski definition) is 0. The summed E-state index contributed by atoms with van der Waals surface area (Å²) in [6.07, 6.45) is 2.70. The summed E-state index contributed by atoms with van der Waals surface area (Å²) in [6.45, 7) is 8.63. The molecular formula is C18H27FO3. The molecule has 22 heavy (non-hydrogen) atoms. The van der Waals surface area contributed by atoms with Crippen LogP contribution in [0.15, 0.2) is 12.1 Å². The molecule has 1 atom stereocenters. The van der Waals surface area contributed by atoms with Crippen LogP contribution < -0.4 is 9.47 Å². The maximum Gasteiger partial charge on any atom is 0.164 e. The van der Waals surface area contributed by atoms with E-state index in [2.05, 4.69) is 0 Å². The van der Waals surface area contributed by atoms with Crippen LogP contribution in [0, 0.1) is 11.7 Å². The Kier molecular flexibility index (Phi) is 7.92. The molecule has 0 aliphatic carbocycles. The number of Topliss-reactive ketones (excluding diaryl/α,β-unsaturated/α-hetero) is 1. The number of rotatable bonds is 10. The number of carbonyl (C=O) groups is 1. The fourth-order valence-corrected chi connectivity index (χ4v) is 2.32. The SMILES string of the molecule is CCCOc1cc(F)c(CC(C)CC(C)=O)cc1OCCC. The molecule has 0 spiro atoms. The van der Waals surface area contributed by atoms with Gasteiger partial charge in [0.2, 0.25) is 0 Å². The van der Waals surface area contributed by atoms with Crippen LogP contribution in [0.5, 0.6) is 11.5 Å². The van der Waals surface area contributed by atoms with Crippen molar-refractivity contribution < 1.29 is 18.7 Å². The smallest absolute Gasteiger partial charge is 0.164 e. The highest BCUT2D eigenvalue weighted by molar-refractivity contribution is 5.75. The second kappa shape index (κ2) is 9.44. The Balaban J connectivity index is 2.94. The van der Waals surface area contributed by atoms with Gasteiger partial charge in [0.15, 0.2) is 11.5 Å². The van der Waals surface area contributed by atoms with Crippen LogP contribution in [-0.4, -0.2) is 19.0 Å². The lowest BCUT2D eigenvalue weighted by molar-refractivity contribution is -0.117. The van der Waals surface area contributed by atoms with Crippen molar-refractivity contribution in [3.8, 4) is 11.5 Å². The molecule has 4 heteroatoms. The number of benzene rings is 1. The Morgan fingerprint density at radius 1 is 1.14 bits per heavy atom. The Bertz CT molecular complexity index is 485. The van der Waals surface area contributed by atoms with E-state index < -0.39 is 0 Å². The molecule has 124 valence electrons. The van der Waals surface area contributed by atoms with Crippen LogP contribution in [0.2, 0.25) is 0 Å². The standard InChI is InChI=1S/C18H27FO3/c1-5-7-21-17-11-15(10-13(3)9-14(4)20)16(19)12-18(17)22-8-6-2/h11-13H,5-10H2,1-4H3. The van der Waals surface area contributed by atoms with Gasteiger partial charge in [-0.3, -0.25) is 0 Å². The topological polar surface area (TPSA) is 35.5 Å². The van der Waals surface area contributed by atoms with Crippen LogP contribution in [0.25, 0.3) is 0 Å². The van der Waals surface area contributed by atoms with Crippen LogP contribution in [0.1, 0.15) is 52.5 Å². The maximum absolute atomic E-state index is 14.3. The van der Waals surface area contributed by atoms with Gasteiger partial charge in [-0.25, -0.2) is 4.39 Å². The summed E-state index contributed by atoms with van der Waals surface area (Å²) in [5.74, 6) is 0.967. The molecule has 1 rings (SSSR count). The first-order chi connectivity index (χ1) is 10.5. The van der Waals surface area contributed by atoms with E-state index >= 15 is 0 Å². The molecule has 0 bridgehead atoms. The molecule has 0 N–H and O–H groups in total. The highest BCUT2D eigenvalue weighted by Gasteiger charge is 2.15. The van der Waals surface area contributed by atoms with Gasteiger partial charge in [-0.1, -0.05) is 20.8 Å². The van der Waals surface area contributed by atoms with Crippen molar-refractivity contribution in [2.75, 3.05) is 13.2 Å². The number of ketones is 1. The third-order valence-electron chi connectivity index (χ3n) is 3.24. The summed E-state index contributed by atoms with van der Waals surface area (Å²) < 4.78 is 25.5. The molecule has 3 nitrogen and oxygen atoms in total. The third kappa shape index (κ3) is 6.04. The lowest BCUT2D eigenvalue weighted by Gasteiger charge is -2.16. The van der Waals surface area contributed by atoms with Crippen molar-refractivity contribution in [1.29, 1.82) is 0 Å². The minimum Gasteiger partial charge on any atom is -0.490 e. The molecule has 0 aromatic heterocycles. The van der Waals surface area contributed by atoms with E-state index in [4.69, 9.17) is 9.47 Å². The molecule has 0 aliphatic rings. The number of halogens is 1. The van der Waals surface area contributed by atoms with E-state index in [1.165, 1.54) is 6.07 Å². The average Bonchev–Trinajstić information content (AvgIpc) is 2.45. The quantitative estimate of drug-likeness (QED) is 0.635. The fourth-order valence-electron chi connectivity index (χ4n) is 2.32. The minimum absolute atomic E-state index is 0.105. The molecular weight excluding hydrogens is 283 g/mol. The third-order valence-corrected chi connectivity index (χ3v) is 3.24. The normalized spacial score (nSPS) is 12.0. The van der Waals surface area contributed by atoms with Crippen LogP contribution in [0.3, 0.4) is 0 Å². The van der Waals surface area contributed by atoms with Crippen molar-refractivity contribution in [2.24, 2.45) is 5.92 Å². The van der Waals surface area contributed by atoms with Gasteiger partial charge in [0, 0.05) is 12.5 Å². The zero-order chi connectivity index (χ0) is 16.5. The van der Waals surface area contributed by atoms with E-state index in [1.807, 2.05) is 20.8 Å². The predicted molar refractivity (Wildman–Crippen MR) is 86.1 cm³/mol. The summed E-state index contributed by atoms with van der Waals surface area (Å²) >= 11 is 0. The summed E-state index contributed by atoms with van der Waals surface area (Å²) in [4.78, 5) is 11.2. The second-order valence-corrected chi connectivity index (χ2v) is 5.80. The lowest BCUT2D eigenvalue weighted by Crippen LogP contribution is -2.08. The Morgan fingerprint density at radius 3 is 2.18 bits per heavy atom. The summed E-state index contributed by atoms with van der Waals surface area (Å²) in [6, 6.07) is 3.11. The molecule has 0 heterocycles. The maximum atomic E-state index is 14.3. The molecule has 1 aromatic rings. The molecule has 1 unspecified atom stereocenters. The fraction of sp³-hybridized carbons (Fsp3) is 0.611. The Hall–Kier alpha value is -1.58. The molecule has 0 saturated heterocycles. The van der Waals surface area contributed by atoms with E-state index in [0.29, 0.717) is 43.1 Å². The number of carbonyl (C=O) groups excluding carboxylic acids is 1. The van der Waals surface area contributed by atoms with Crippen molar-refractivity contribution in [3.05, 3.63) is 23.5 Å². The van der Waals surface area contributed by atoms with Gasteiger partial charge >= 0.3 is 0 Å². The first kappa shape index (κ1) is 18.5. The lowest BCUT2D eigenvalue weighted by atomic mass is 9.96. The van der Waals surface area contributed by atoms with E-state index in [9.17, 15) is 9.18 Å². The van der Waals surface area contributed by atoms with Gasteiger partial charge in [0.05, 0.1) is 13.2 Å². The zero-order valence-electron chi connectivity index (χ0n) is 14.1. The van der Waals surface area contributed by atoms with Gasteiger partial charge in [-0.2, -0.15) is 0 Å². The van der Waals surface area contributed by atoms with E-state index in [-0.39, 0.29) is 17.5 Å². The average molecular weight is 310 g/mol. The molecule has 0 aliphatic heterocycles. The molecule has 0 amide bonds. The Labute approximate surface area is 132 Å². The minimum atomic E-state index is -0.301. The van der Waals surface area contributed by atoms with E-state index in [0.717, 1.165) is 12.8 Å². The Morgan fingerprint density at radius 2 is 1.68 bits per heavy atom. The monoisotopic (exact) mass is 310 g/mol. The summed E-state index contributed by atoms with van der Waals surface area (Å²) in [5, 5.41) is 0. The second-order valence-electron chi connectivity index (χ2n) is 5.80. The van der Waals surface area contributed by atoms with Crippen molar-refractivity contribution in [2.45, 2.75) is 53.4 Å². The molecule has 0 radical (unpaired) electrons. The molecule has 0 saturated carbocycles. The van der Waals surface area contributed by atoms with Crippen LogP contribution in [0.4, 0.5) is 4.39 Å². The van der Waals surface area contributed by atoms with Crippen molar-refractivity contribution >= 4 is 5.78 Å². The molecule has 0 fully saturated rings. The first-order valence-electron chi connectivity index (χ1n) is 8.05. The zero-order valence-corrected chi connectivity index (χ0v) is 14.1. The van der Waals surface area contributed by atoms with Crippen LogP contribution in [-0.2, 0) is 11.2 Å². The summed E-state index contributed by atoms with van der Waals surface area (Å²) in [7, 11) is 0. The largest absolute Gasteiger partial charge is 0.490 e. The predicted octanol–water partition coefficient (Wildman–Crippen LogP) is 4.56. The van der Waals surface area contributed by atoms with Gasteiger partial charge < -0.3 is 14.3 Å². The summed E-state index contributed by atoms with van der Waals surface area (Å²) in [5.41, 5.74) is 0.573. The van der Waals surface area contributed by atoms with Gasteiger partial charge in [-0.05, 0) is 43.7 Å². The highest BCUT2D eigenvalue weighted by atomic mass is 19.1. The number of ether oxygens (including phenoxy) is 2. The van der Waals surface area contributed by atoms with E-state index in [1.54, 1.807) is 13.0 Å². The highest BCUT2D eigenvalue weighted by Crippen LogP contribution is 2.32. The molecule has 1 aromatic carbocycles. The first-order valence-corrected chi connectivity index (χ1v) is 8.05. The van der Waals surface area contributed by atoms with Gasteiger partial charge in [-0.15, -0.1) is 0 Å². The van der Waals surface area contributed by atoms with Crippen LogP contribution >= 0.6 is 0 Å². The van der Waals surface area contributed by atoms with Gasteiger partial charge in [0.1, 0.15) is 11.6 Å². The van der Waals surface area contributed by atoms with Crippen molar-refractivity contribution in [1.82, 2.24) is 0 Å².